The molecule has 0 amide bonds. The zero-order valence-electron chi connectivity index (χ0n) is 14.1. The summed E-state index contributed by atoms with van der Waals surface area (Å²) in [7, 11) is 1.69. The molecule has 0 saturated carbocycles. The fraction of sp³-hybridized carbons (Fsp3) is 0.250. The highest BCUT2D eigenvalue weighted by atomic mass is 35.5. The van der Waals surface area contributed by atoms with Gasteiger partial charge in [0.05, 0.1) is 12.8 Å². The van der Waals surface area contributed by atoms with Gasteiger partial charge >= 0.3 is 0 Å². The average Bonchev–Trinajstić information content (AvgIpc) is 2.83. The number of benzene rings is 2. The van der Waals surface area contributed by atoms with Crippen molar-refractivity contribution in [3.05, 3.63) is 59.1 Å². The minimum absolute atomic E-state index is 0.733. The third-order valence-electron chi connectivity index (χ3n) is 4.56. The Balaban J connectivity index is 1.92. The lowest BCUT2D eigenvalue weighted by molar-refractivity contribution is 0.412. The molecular weight excluding hydrogens is 334 g/mol. The Morgan fingerprint density at radius 3 is 2.68 bits per heavy atom. The smallest absolute Gasteiger partial charge is 0.144 e. The number of fused-ring (bicyclic) bond motifs is 1. The van der Waals surface area contributed by atoms with Crippen molar-refractivity contribution in [2.24, 2.45) is 0 Å². The first-order valence-corrected chi connectivity index (χ1v) is 8.91. The number of rotatable bonds is 3. The predicted molar refractivity (Wildman–Crippen MR) is 102 cm³/mol. The van der Waals surface area contributed by atoms with Crippen molar-refractivity contribution >= 4 is 17.4 Å². The van der Waals surface area contributed by atoms with E-state index in [-0.39, 0.29) is 0 Å². The number of hydrogen-bond donors (Lipinski definition) is 1. The number of halogens is 1. The predicted octanol–water partition coefficient (Wildman–Crippen LogP) is 4.95. The van der Waals surface area contributed by atoms with Crippen molar-refractivity contribution in [1.82, 2.24) is 9.78 Å². The normalized spacial score (nSPS) is 13.7. The van der Waals surface area contributed by atoms with Gasteiger partial charge in [-0.15, -0.1) is 0 Å². The number of para-hydroxylation sites is 2. The van der Waals surface area contributed by atoms with Crippen molar-refractivity contribution in [2.45, 2.75) is 19.3 Å². The van der Waals surface area contributed by atoms with E-state index in [1.165, 1.54) is 5.56 Å². The van der Waals surface area contributed by atoms with Crippen LogP contribution in [0.25, 0.3) is 16.9 Å². The highest BCUT2D eigenvalue weighted by Gasteiger charge is 2.22. The van der Waals surface area contributed by atoms with Crippen LogP contribution in [0.4, 0.5) is 5.82 Å². The van der Waals surface area contributed by atoms with Gasteiger partial charge in [0.2, 0.25) is 0 Å². The number of anilines is 1. The van der Waals surface area contributed by atoms with E-state index in [1.807, 2.05) is 53.2 Å². The summed E-state index contributed by atoms with van der Waals surface area (Å²) in [6, 6.07) is 15.9. The average molecular weight is 354 g/mol. The van der Waals surface area contributed by atoms with E-state index >= 15 is 0 Å². The van der Waals surface area contributed by atoms with Gasteiger partial charge in [0.15, 0.2) is 0 Å². The van der Waals surface area contributed by atoms with Gasteiger partial charge in [-0.05, 0) is 43.5 Å². The van der Waals surface area contributed by atoms with Crippen LogP contribution >= 0.6 is 11.6 Å². The van der Waals surface area contributed by atoms with Crippen molar-refractivity contribution in [3.8, 4) is 22.7 Å². The third-order valence-corrected chi connectivity index (χ3v) is 4.81. The molecule has 25 heavy (non-hydrogen) atoms. The molecule has 1 aliphatic heterocycles. The van der Waals surface area contributed by atoms with E-state index in [9.17, 15) is 0 Å². The first-order valence-electron chi connectivity index (χ1n) is 8.53. The molecule has 0 bridgehead atoms. The van der Waals surface area contributed by atoms with Gasteiger partial charge in [-0.2, -0.15) is 5.10 Å². The largest absolute Gasteiger partial charge is 0.494 e. The number of aromatic nitrogens is 2. The van der Waals surface area contributed by atoms with Gasteiger partial charge in [-0.3, -0.25) is 0 Å². The summed E-state index contributed by atoms with van der Waals surface area (Å²) >= 11 is 6.05. The van der Waals surface area contributed by atoms with E-state index < -0.39 is 0 Å². The molecule has 2 heterocycles. The molecule has 0 atom stereocenters. The quantitative estimate of drug-likeness (QED) is 0.724. The minimum atomic E-state index is 0.733. The maximum absolute atomic E-state index is 6.05. The van der Waals surface area contributed by atoms with Crippen molar-refractivity contribution in [2.75, 3.05) is 19.0 Å². The van der Waals surface area contributed by atoms with Crippen LogP contribution in [0.2, 0.25) is 5.02 Å². The maximum atomic E-state index is 6.05. The summed E-state index contributed by atoms with van der Waals surface area (Å²) in [5, 5.41) is 9.24. The molecular formula is C20H20ClN3O. The van der Waals surface area contributed by atoms with Crippen LogP contribution in [-0.4, -0.2) is 23.4 Å². The second-order valence-electron chi connectivity index (χ2n) is 6.15. The topological polar surface area (TPSA) is 39.1 Å². The molecule has 0 fully saturated rings. The van der Waals surface area contributed by atoms with Crippen LogP contribution in [0.15, 0.2) is 48.5 Å². The molecule has 4 rings (SSSR count). The maximum Gasteiger partial charge on any atom is 0.144 e. The van der Waals surface area contributed by atoms with Crippen molar-refractivity contribution < 1.29 is 4.74 Å². The Hall–Kier alpha value is -2.46. The molecule has 0 radical (unpaired) electrons. The van der Waals surface area contributed by atoms with Gasteiger partial charge in [0, 0.05) is 22.7 Å². The number of hydrogen-bond acceptors (Lipinski definition) is 3. The van der Waals surface area contributed by atoms with Gasteiger partial charge in [-0.1, -0.05) is 35.9 Å². The monoisotopic (exact) mass is 353 g/mol. The third kappa shape index (κ3) is 2.98. The summed E-state index contributed by atoms with van der Waals surface area (Å²) in [6.07, 6.45) is 3.31. The molecule has 2 aromatic carbocycles. The van der Waals surface area contributed by atoms with Crippen LogP contribution in [0.1, 0.15) is 18.4 Å². The Morgan fingerprint density at radius 1 is 1.08 bits per heavy atom. The van der Waals surface area contributed by atoms with Crippen LogP contribution in [0.3, 0.4) is 0 Å². The highest BCUT2D eigenvalue weighted by Crippen LogP contribution is 2.36. The SMILES string of the molecule is COc1ccccc1-n1nc(-c2ccc(Cl)cc2)c2c1NCCCC2. The van der Waals surface area contributed by atoms with Crippen LogP contribution in [0, 0.1) is 0 Å². The van der Waals surface area contributed by atoms with Gasteiger partial charge in [0.25, 0.3) is 0 Å². The number of methoxy groups -OCH3 is 1. The molecule has 1 aromatic heterocycles. The second kappa shape index (κ2) is 6.81. The van der Waals surface area contributed by atoms with Crippen LogP contribution in [0.5, 0.6) is 5.75 Å². The molecule has 128 valence electrons. The Kier molecular flexibility index (Phi) is 4.36. The van der Waals surface area contributed by atoms with Crippen molar-refractivity contribution in [1.29, 1.82) is 0 Å². The standard InChI is InChI=1S/C20H20ClN3O/c1-25-18-8-3-2-7-17(18)24-20-16(6-4-5-13-22-20)19(23-24)14-9-11-15(21)12-10-14/h2-3,7-12,22H,4-6,13H2,1H3. The van der Waals surface area contributed by atoms with E-state index in [0.717, 1.165) is 59.3 Å². The second-order valence-corrected chi connectivity index (χ2v) is 6.59. The van der Waals surface area contributed by atoms with Crippen LogP contribution in [-0.2, 0) is 6.42 Å². The summed E-state index contributed by atoms with van der Waals surface area (Å²) < 4.78 is 7.52. The lowest BCUT2D eigenvalue weighted by atomic mass is 10.0. The molecule has 0 spiro atoms. The fourth-order valence-electron chi connectivity index (χ4n) is 3.32. The van der Waals surface area contributed by atoms with E-state index in [4.69, 9.17) is 21.4 Å². The molecule has 0 aliphatic carbocycles. The summed E-state index contributed by atoms with van der Waals surface area (Å²) in [6.45, 7) is 0.952. The summed E-state index contributed by atoms with van der Waals surface area (Å²) in [4.78, 5) is 0. The minimum Gasteiger partial charge on any atom is -0.494 e. The molecule has 5 heteroatoms. The Labute approximate surface area is 152 Å². The number of ether oxygens (including phenoxy) is 1. The number of nitrogens with zero attached hydrogens (tertiary/aromatic N) is 2. The fourth-order valence-corrected chi connectivity index (χ4v) is 3.45. The summed E-state index contributed by atoms with van der Waals surface area (Å²) in [5.41, 5.74) is 4.28. The molecule has 4 nitrogen and oxygen atoms in total. The first-order chi connectivity index (χ1) is 12.3. The lowest BCUT2D eigenvalue weighted by Gasteiger charge is -2.12. The van der Waals surface area contributed by atoms with Gasteiger partial charge in [0.1, 0.15) is 17.3 Å². The zero-order valence-corrected chi connectivity index (χ0v) is 14.9. The van der Waals surface area contributed by atoms with Gasteiger partial charge in [-0.25, -0.2) is 4.68 Å². The van der Waals surface area contributed by atoms with E-state index in [1.54, 1.807) is 7.11 Å². The molecule has 0 saturated heterocycles. The van der Waals surface area contributed by atoms with Crippen molar-refractivity contribution in [3.63, 3.8) is 0 Å². The van der Waals surface area contributed by atoms with Crippen LogP contribution < -0.4 is 10.1 Å². The van der Waals surface area contributed by atoms with Gasteiger partial charge < -0.3 is 10.1 Å². The highest BCUT2D eigenvalue weighted by molar-refractivity contribution is 6.30. The van der Waals surface area contributed by atoms with E-state index in [2.05, 4.69) is 5.32 Å². The Bertz CT molecular complexity index is 886. The van der Waals surface area contributed by atoms with E-state index in [0.29, 0.717) is 0 Å². The Morgan fingerprint density at radius 2 is 1.88 bits per heavy atom. The molecule has 1 aliphatic rings. The zero-order chi connectivity index (χ0) is 17.2. The molecule has 0 unspecified atom stereocenters. The first kappa shape index (κ1) is 16.0. The molecule has 1 N–H and O–H groups in total. The summed E-state index contributed by atoms with van der Waals surface area (Å²) in [5.74, 6) is 1.87. The number of nitrogens with one attached hydrogen (secondary N) is 1. The lowest BCUT2D eigenvalue weighted by Crippen LogP contribution is -2.08. The molecule has 3 aromatic rings.